The smallest absolute Gasteiger partial charge is 0.342 e. The van der Waals surface area contributed by atoms with Gasteiger partial charge in [-0.1, -0.05) is 46.7 Å². The van der Waals surface area contributed by atoms with Crippen LogP contribution in [0, 0.1) is 0 Å². The van der Waals surface area contributed by atoms with E-state index in [4.69, 9.17) is 13.7 Å². The molecule has 0 heterocycles. The van der Waals surface area contributed by atoms with Gasteiger partial charge in [-0.05, 0) is 36.3 Å². The maximum atomic E-state index is 12.5. The summed E-state index contributed by atoms with van der Waals surface area (Å²) in [5.41, 5.74) is 0.115. The van der Waals surface area contributed by atoms with E-state index in [1.165, 1.54) is 7.11 Å². The Labute approximate surface area is 160 Å². The summed E-state index contributed by atoms with van der Waals surface area (Å²) in [5.74, 6) is -0.834. The summed E-state index contributed by atoms with van der Waals surface area (Å²) in [7, 11) is -3.08. The minimum Gasteiger partial charge on any atom is -0.519 e. The number of hydrogen-bond donors (Lipinski definition) is 0. The van der Waals surface area contributed by atoms with Crippen molar-refractivity contribution in [2.45, 2.75) is 90.6 Å². The normalized spacial score (nSPS) is 14.0. The van der Waals surface area contributed by atoms with Crippen LogP contribution in [0.5, 0.6) is 0 Å². The van der Waals surface area contributed by atoms with Gasteiger partial charge in [-0.15, -0.1) is 0 Å². The second-order valence-electron chi connectivity index (χ2n) is 9.60. The highest BCUT2D eigenvalue weighted by molar-refractivity contribution is 6.76. The zero-order valence-corrected chi connectivity index (χ0v) is 20.4. The van der Waals surface area contributed by atoms with Gasteiger partial charge in [-0.3, -0.25) is 4.79 Å². The molecule has 0 saturated carbocycles. The Morgan fingerprint density at radius 3 is 1.62 bits per heavy atom. The first-order valence-electron chi connectivity index (χ1n) is 9.00. The molecule has 0 aromatic heterocycles. The first-order valence-corrected chi connectivity index (χ1v) is 14.8. The largest absolute Gasteiger partial charge is 0.519 e. The van der Waals surface area contributed by atoms with Crippen LogP contribution in [0.1, 0.15) is 54.4 Å². The van der Waals surface area contributed by atoms with Crippen LogP contribution in [0.4, 0.5) is 0 Å². The quantitative estimate of drug-likeness (QED) is 0.344. The van der Waals surface area contributed by atoms with E-state index in [0.29, 0.717) is 0 Å². The van der Waals surface area contributed by atoms with Crippen molar-refractivity contribution in [2.24, 2.45) is 5.16 Å². The molecule has 0 spiro atoms. The number of oxime groups is 1. The summed E-state index contributed by atoms with van der Waals surface area (Å²) in [6.45, 7) is 20.4. The first kappa shape index (κ1) is 24.8. The molecule has 152 valence electrons. The molecule has 0 aliphatic carbocycles. The molecule has 0 amide bonds. The molecule has 0 aliphatic rings. The molecule has 0 unspecified atom stereocenters. The molecule has 0 rings (SSSR count). The predicted molar refractivity (Wildman–Crippen MR) is 110 cm³/mol. The lowest BCUT2D eigenvalue weighted by Gasteiger charge is -2.35. The summed E-state index contributed by atoms with van der Waals surface area (Å²) >= 11 is 0. The van der Waals surface area contributed by atoms with E-state index in [1.54, 1.807) is 0 Å². The first-order chi connectivity index (χ1) is 11.4. The molecule has 6 nitrogen and oxygen atoms in total. The van der Waals surface area contributed by atoms with Crippen LogP contribution >= 0.6 is 0 Å². The highest BCUT2D eigenvalue weighted by Gasteiger charge is 2.42. The number of hydrogen-bond acceptors (Lipinski definition) is 6. The SMILES string of the molecule is CO/N=C(/CCC(=O)O[Si](C)(C)C(C)(C)C)C(=O)O[Si](C)(C)C(C)(C)C. The van der Waals surface area contributed by atoms with E-state index >= 15 is 0 Å². The van der Waals surface area contributed by atoms with E-state index in [-0.39, 0.29) is 34.6 Å². The Morgan fingerprint density at radius 2 is 1.23 bits per heavy atom. The third-order valence-corrected chi connectivity index (χ3v) is 14.0. The van der Waals surface area contributed by atoms with Crippen molar-refractivity contribution in [2.75, 3.05) is 7.11 Å². The minimum atomic E-state index is -2.27. The van der Waals surface area contributed by atoms with Crippen molar-refractivity contribution in [3.8, 4) is 0 Å². The van der Waals surface area contributed by atoms with Gasteiger partial charge in [0.25, 0.3) is 22.6 Å². The minimum absolute atomic E-state index is 0.0621. The van der Waals surface area contributed by atoms with Crippen molar-refractivity contribution in [3.05, 3.63) is 0 Å². The van der Waals surface area contributed by atoms with E-state index in [0.717, 1.165) is 0 Å². The maximum absolute atomic E-state index is 12.5. The Balaban J connectivity index is 4.99. The lowest BCUT2D eigenvalue weighted by Crippen LogP contribution is -2.44. The molecule has 0 bridgehead atoms. The van der Waals surface area contributed by atoms with Crippen molar-refractivity contribution in [1.82, 2.24) is 0 Å². The Kier molecular flexibility index (Phi) is 8.30. The fraction of sp³-hybridized carbons (Fsp3) is 0.833. The van der Waals surface area contributed by atoms with Crippen LogP contribution in [0.2, 0.25) is 36.3 Å². The zero-order valence-electron chi connectivity index (χ0n) is 18.4. The second-order valence-corrected chi connectivity index (χ2v) is 19.1. The maximum Gasteiger partial charge on any atom is 0.342 e. The fourth-order valence-corrected chi connectivity index (χ4v) is 3.31. The highest BCUT2D eigenvalue weighted by Crippen LogP contribution is 2.37. The van der Waals surface area contributed by atoms with Gasteiger partial charge in [0.2, 0.25) is 0 Å². The predicted octanol–water partition coefficient (Wildman–Crippen LogP) is 4.87. The molecule has 0 aliphatic heterocycles. The third-order valence-electron chi connectivity index (χ3n) is 5.33. The molecular weight excluding hydrogens is 366 g/mol. The lowest BCUT2D eigenvalue weighted by atomic mass is 10.2. The summed E-state index contributed by atoms with van der Waals surface area (Å²) < 4.78 is 11.5. The number of carbonyl (C=O) groups excluding carboxylic acids is 2. The van der Waals surface area contributed by atoms with Crippen LogP contribution in [0.15, 0.2) is 5.16 Å². The summed E-state index contributed by atoms with van der Waals surface area (Å²) in [6, 6.07) is 0. The van der Waals surface area contributed by atoms with Gasteiger partial charge in [-0.2, -0.15) is 0 Å². The molecule has 0 saturated heterocycles. The zero-order chi connectivity index (χ0) is 21.0. The number of nitrogens with zero attached hydrogens (tertiary/aromatic N) is 1. The third kappa shape index (κ3) is 7.22. The Hall–Kier alpha value is -1.16. The van der Waals surface area contributed by atoms with Crippen LogP contribution < -0.4 is 0 Å². The average molecular weight is 404 g/mol. The van der Waals surface area contributed by atoms with Crippen LogP contribution in [-0.2, 0) is 23.3 Å². The van der Waals surface area contributed by atoms with Crippen molar-refractivity contribution < 1.29 is 23.3 Å². The number of rotatable bonds is 7. The van der Waals surface area contributed by atoms with E-state index in [1.807, 2.05) is 26.2 Å². The molecular formula is C18H37NO5Si2. The van der Waals surface area contributed by atoms with E-state index in [2.05, 4.69) is 46.7 Å². The lowest BCUT2D eigenvalue weighted by molar-refractivity contribution is -0.135. The van der Waals surface area contributed by atoms with Gasteiger partial charge in [0.15, 0.2) is 5.71 Å². The molecule has 8 heteroatoms. The summed E-state index contributed by atoms with van der Waals surface area (Å²) in [6.07, 6.45) is 0.204. The van der Waals surface area contributed by atoms with Crippen LogP contribution in [-0.4, -0.2) is 41.4 Å². The molecule has 0 aromatic rings. The van der Waals surface area contributed by atoms with E-state index < -0.39 is 22.6 Å². The van der Waals surface area contributed by atoms with Crippen molar-refractivity contribution >= 4 is 34.3 Å². The molecule has 0 radical (unpaired) electrons. The molecule has 0 N–H and O–H groups in total. The molecule has 0 atom stereocenters. The van der Waals surface area contributed by atoms with E-state index in [9.17, 15) is 9.59 Å². The standard InChI is InChI=1S/C18H37NO5Si2/c1-17(2,3)25(8,9)23-15(20)13-12-14(19-22-7)16(21)24-26(10,11)18(4,5)6/h12-13H2,1-11H3/b19-14-. The van der Waals surface area contributed by atoms with Crippen LogP contribution in [0.3, 0.4) is 0 Å². The highest BCUT2D eigenvalue weighted by atomic mass is 28.4. The molecule has 26 heavy (non-hydrogen) atoms. The fourth-order valence-electron chi connectivity index (χ4n) is 1.45. The van der Waals surface area contributed by atoms with Gasteiger partial charge in [0.1, 0.15) is 7.11 Å². The monoisotopic (exact) mass is 403 g/mol. The Bertz CT molecular complexity index is 543. The summed E-state index contributed by atoms with van der Waals surface area (Å²) in [5, 5.41) is 3.60. The Morgan fingerprint density at radius 1 is 0.808 bits per heavy atom. The second kappa shape index (κ2) is 8.69. The summed E-state index contributed by atoms with van der Waals surface area (Å²) in [4.78, 5) is 29.5. The topological polar surface area (TPSA) is 74.2 Å². The molecule has 0 fully saturated rings. The van der Waals surface area contributed by atoms with Gasteiger partial charge in [-0.25, -0.2) is 4.79 Å². The van der Waals surface area contributed by atoms with Gasteiger partial charge in [0.05, 0.1) is 6.42 Å². The number of carbonyl (C=O) groups is 2. The van der Waals surface area contributed by atoms with Gasteiger partial charge >= 0.3 is 5.97 Å². The average Bonchev–Trinajstić information content (AvgIpc) is 2.39. The van der Waals surface area contributed by atoms with Crippen molar-refractivity contribution in [3.63, 3.8) is 0 Å². The van der Waals surface area contributed by atoms with Gasteiger partial charge < -0.3 is 13.7 Å². The van der Waals surface area contributed by atoms with Crippen molar-refractivity contribution in [1.29, 1.82) is 0 Å². The van der Waals surface area contributed by atoms with Gasteiger partial charge in [0, 0.05) is 6.42 Å². The molecule has 0 aromatic carbocycles. The van der Waals surface area contributed by atoms with Crippen LogP contribution in [0.25, 0.3) is 0 Å².